The average molecular weight is 258 g/mol. The second-order valence-corrected chi connectivity index (χ2v) is 5.80. The van der Waals surface area contributed by atoms with E-state index in [1.54, 1.807) is 0 Å². The first-order valence-corrected chi connectivity index (χ1v) is 7.01. The number of nitrogens with zero attached hydrogens (tertiary/aromatic N) is 1. The Balaban J connectivity index is 2.12. The molecule has 0 spiro atoms. The van der Waals surface area contributed by atoms with Gasteiger partial charge in [0.2, 0.25) is 0 Å². The maximum Gasteiger partial charge on any atom is 0.0589 e. The van der Waals surface area contributed by atoms with E-state index >= 15 is 0 Å². The van der Waals surface area contributed by atoms with Crippen LogP contribution in [0.2, 0.25) is 0 Å². The first kappa shape index (κ1) is 12.7. The lowest BCUT2D eigenvalue weighted by atomic mass is 9.68. The molecule has 1 aliphatic rings. The Bertz CT molecular complexity index is 583. The molecule has 1 aromatic heterocycles. The van der Waals surface area contributed by atoms with E-state index < -0.39 is 0 Å². The summed E-state index contributed by atoms with van der Waals surface area (Å²) in [5.74, 6) is 0.553. The number of fused-ring (bicyclic) bond motifs is 1. The van der Waals surface area contributed by atoms with Gasteiger partial charge in [0.05, 0.1) is 13.2 Å². The van der Waals surface area contributed by atoms with E-state index in [0.29, 0.717) is 5.92 Å². The summed E-state index contributed by atoms with van der Waals surface area (Å²) in [6.45, 7) is 4.69. The number of nitrogens with two attached hydrogens (primary N) is 1. The quantitative estimate of drug-likeness (QED) is 0.915. The molecule has 1 atom stereocenters. The molecule has 3 nitrogen and oxygen atoms in total. The summed E-state index contributed by atoms with van der Waals surface area (Å²) >= 11 is 0. The number of aromatic nitrogens is 1. The highest BCUT2D eigenvalue weighted by Crippen LogP contribution is 2.44. The number of benzene rings is 1. The minimum absolute atomic E-state index is 0.153. The van der Waals surface area contributed by atoms with Crippen molar-refractivity contribution in [2.24, 2.45) is 18.7 Å². The third-order valence-electron chi connectivity index (χ3n) is 4.70. The van der Waals surface area contributed by atoms with Crippen LogP contribution in [0.25, 0.3) is 10.9 Å². The van der Waals surface area contributed by atoms with E-state index in [4.69, 9.17) is 10.5 Å². The van der Waals surface area contributed by atoms with E-state index in [1.807, 2.05) is 0 Å². The highest BCUT2D eigenvalue weighted by atomic mass is 16.5. The molecule has 1 fully saturated rings. The van der Waals surface area contributed by atoms with E-state index in [0.717, 1.165) is 26.2 Å². The summed E-state index contributed by atoms with van der Waals surface area (Å²) in [4.78, 5) is 0. The maximum absolute atomic E-state index is 5.75. The molecule has 3 heteroatoms. The Labute approximate surface area is 114 Å². The topological polar surface area (TPSA) is 40.2 Å². The monoisotopic (exact) mass is 258 g/mol. The highest BCUT2D eigenvalue weighted by molar-refractivity contribution is 5.85. The summed E-state index contributed by atoms with van der Waals surface area (Å²) in [6, 6.07) is 8.62. The smallest absolute Gasteiger partial charge is 0.0589 e. The molecule has 0 radical (unpaired) electrons. The molecule has 2 aromatic rings. The van der Waals surface area contributed by atoms with Crippen molar-refractivity contribution in [1.82, 2.24) is 4.57 Å². The zero-order valence-electron chi connectivity index (χ0n) is 11.7. The Kier molecular flexibility index (Phi) is 3.11. The van der Waals surface area contributed by atoms with E-state index in [-0.39, 0.29) is 5.41 Å². The number of hydrogen-bond acceptors (Lipinski definition) is 2. The molecule has 2 heterocycles. The lowest BCUT2D eigenvalue weighted by molar-refractivity contribution is -0.0876. The van der Waals surface area contributed by atoms with Gasteiger partial charge in [-0.3, -0.25) is 0 Å². The van der Waals surface area contributed by atoms with Crippen LogP contribution in [0.5, 0.6) is 0 Å². The molecule has 0 saturated carbocycles. The number of ether oxygens (including phenoxy) is 1. The van der Waals surface area contributed by atoms with Gasteiger partial charge >= 0.3 is 0 Å². The molecule has 1 unspecified atom stereocenters. The van der Waals surface area contributed by atoms with Crippen molar-refractivity contribution in [3.8, 4) is 0 Å². The van der Waals surface area contributed by atoms with Gasteiger partial charge in [-0.15, -0.1) is 0 Å². The van der Waals surface area contributed by atoms with Gasteiger partial charge in [0.15, 0.2) is 0 Å². The molecule has 1 aliphatic heterocycles. The van der Waals surface area contributed by atoms with Crippen LogP contribution < -0.4 is 5.73 Å². The SMILES string of the molecule is CC(CCN)C1(c2cn(C)c3ccccc23)COC1. The molecule has 0 bridgehead atoms. The van der Waals surface area contributed by atoms with Crippen molar-refractivity contribution in [1.29, 1.82) is 0 Å². The van der Waals surface area contributed by atoms with E-state index in [2.05, 4.69) is 49.0 Å². The van der Waals surface area contributed by atoms with Crippen molar-refractivity contribution in [2.45, 2.75) is 18.8 Å². The third kappa shape index (κ3) is 1.80. The number of hydrogen-bond donors (Lipinski definition) is 1. The molecular formula is C16H22N2O. The third-order valence-corrected chi connectivity index (χ3v) is 4.70. The maximum atomic E-state index is 5.75. The molecule has 19 heavy (non-hydrogen) atoms. The predicted molar refractivity (Wildman–Crippen MR) is 78.3 cm³/mol. The number of rotatable bonds is 4. The summed E-state index contributed by atoms with van der Waals surface area (Å²) in [6.07, 6.45) is 3.33. The average Bonchev–Trinajstić information content (AvgIpc) is 2.67. The first-order chi connectivity index (χ1) is 9.19. The summed E-state index contributed by atoms with van der Waals surface area (Å²) in [5, 5.41) is 1.36. The van der Waals surface area contributed by atoms with Gasteiger partial charge in [0.25, 0.3) is 0 Å². The van der Waals surface area contributed by atoms with Crippen LogP contribution in [0.4, 0.5) is 0 Å². The summed E-state index contributed by atoms with van der Waals surface area (Å²) in [7, 11) is 2.12. The van der Waals surface area contributed by atoms with Gasteiger partial charge in [-0.1, -0.05) is 25.1 Å². The molecule has 1 aromatic carbocycles. The Morgan fingerprint density at radius 3 is 2.74 bits per heavy atom. The first-order valence-electron chi connectivity index (χ1n) is 7.01. The Hall–Kier alpha value is -1.32. The largest absolute Gasteiger partial charge is 0.379 e. The Morgan fingerprint density at radius 1 is 1.37 bits per heavy atom. The van der Waals surface area contributed by atoms with Crippen LogP contribution >= 0.6 is 0 Å². The van der Waals surface area contributed by atoms with Crippen LogP contribution in [-0.2, 0) is 17.2 Å². The second-order valence-electron chi connectivity index (χ2n) is 5.80. The van der Waals surface area contributed by atoms with Crippen molar-refractivity contribution < 1.29 is 4.74 Å². The predicted octanol–water partition coefficient (Wildman–Crippen LogP) is 2.43. The van der Waals surface area contributed by atoms with Gasteiger partial charge in [0.1, 0.15) is 0 Å². The molecular weight excluding hydrogens is 236 g/mol. The van der Waals surface area contributed by atoms with Crippen LogP contribution in [0, 0.1) is 5.92 Å². The van der Waals surface area contributed by atoms with Crippen molar-refractivity contribution in [3.63, 3.8) is 0 Å². The van der Waals surface area contributed by atoms with Crippen LogP contribution in [-0.4, -0.2) is 24.3 Å². The number of para-hydroxylation sites is 1. The van der Waals surface area contributed by atoms with Crippen molar-refractivity contribution in [2.75, 3.05) is 19.8 Å². The second kappa shape index (κ2) is 4.66. The summed E-state index contributed by atoms with van der Waals surface area (Å²) in [5.41, 5.74) is 8.63. The van der Waals surface area contributed by atoms with Crippen LogP contribution in [0.15, 0.2) is 30.5 Å². The molecule has 1 saturated heterocycles. The zero-order chi connectivity index (χ0) is 13.5. The minimum Gasteiger partial charge on any atom is -0.379 e. The summed E-state index contributed by atoms with van der Waals surface area (Å²) < 4.78 is 7.79. The normalized spacial score (nSPS) is 19.3. The van der Waals surface area contributed by atoms with Crippen molar-refractivity contribution in [3.05, 3.63) is 36.0 Å². The highest BCUT2D eigenvalue weighted by Gasteiger charge is 2.46. The van der Waals surface area contributed by atoms with E-state index in [9.17, 15) is 0 Å². The zero-order valence-corrected chi connectivity index (χ0v) is 11.7. The number of aryl methyl sites for hydroxylation is 1. The molecule has 0 amide bonds. The molecule has 3 rings (SSSR count). The molecule has 102 valence electrons. The van der Waals surface area contributed by atoms with Gasteiger partial charge in [0, 0.05) is 29.6 Å². The van der Waals surface area contributed by atoms with Gasteiger partial charge in [-0.2, -0.15) is 0 Å². The molecule has 2 N–H and O–H groups in total. The van der Waals surface area contributed by atoms with Gasteiger partial charge in [-0.25, -0.2) is 0 Å². The van der Waals surface area contributed by atoms with Gasteiger partial charge in [-0.05, 0) is 30.5 Å². The van der Waals surface area contributed by atoms with Crippen LogP contribution in [0.3, 0.4) is 0 Å². The fraction of sp³-hybridized carbons (Fsp3) is 0.500. The lowest BCUT2D eigenvalue weighted by Gasteiger charge is -2.46. The van der Waals surface area contributed by atoms with Crippen LogP contribution in [0.1, 0.15) is 18.9 Å². The van der Waals surface area contributed by atoms with Gasteiger partial charge < -0.3 is 15.0 Å². The van der Waals surface area contributed by atoms with Crippen molar-refractivity contribution >= 4 is 10.9 Å². The van der Waals surface area contributed by atoms with E-state index in [1.165, 1.54) is 16.5 Å². The fourth-order valence-electron chi connectivity index (χ4n) is 3.29. The molecule has 0 aliphatic carbocycles. The Morgan fingerprint density at radius 2 is 2.11 bits per heavy atom. The minimum atomic E-state index is 0.153. The lowest BCUT2D eigenvalue weighted by Crippen LogP contribution is -2.52. The fourth-order valence-corrected chi connectivity index (χ4v) is 3.29. The standard InChI is InChI=1S/C16H22N2O/c1-12(7-8-17)16(10-19-11-16)14-9-18(2)15-6-4-3-5-13(14)15/h3-6,9,12H,7-8,10-11,17H2,1-2H3.